The first kappa shape index (κ1) is 16.4. The van der Waals surface area contributed by atoms with Gasteiger partial charge in [0, 0.05) is 31.7 Å². The Kier molecular flexibility index (Phi) is 4.75. The number of cyclic esters (lactones) is 1. The smallest absolute Gasteiger partial charge is 0.410 e. The normalized spacial score (nSPS) is 19.8. The molecule has 2 fully saturated rings. The van der Waals surface area contributed by atoms with E-state index >= 15 is 0 Å². The van der Waals surface area contributed by atoms with Crippen molar-refractivity contribution in [1.82, 2.24) is 9.80 Å². The first-order valence-electron chi connectivity index (χ1n) is 7.87. The molecule has 0 bridgehead atoms. The number of nitrogens with two attached hydrogens (primary N) is 1. The molecule has 2 amide bonds. The number of piperazine rings is 1. The van der Waals surface area contributed by atoms with Crippen LogP contribution < -0.4 is 15.2 Å². The number of carbonyl (C=O) groups excluding carboxylic acids is 2. The summed E-state index contributed by atoms with van der Waals surface area (Å²) in [6.07, 6.45) is -0.296. The van der Waals surface area contributed by atoms with Gasteiger partial charge in [0.2, 0.25) is 0 Å². The first-order valence-corrected chi connectivity index (χ1v) is 7.87. The molecule has 130 valence electrons. The van der Waals surface area contributed by atoms with Crippen LogP contribution in [0, 0.1) is 0 Å². The van der Waals surface area contributed by atoms with E-state index in [2.05, 4.69) is 0 Å². The molecule has 3 rings (SSSR count). The zero-order valence-corrected chi connectivity index (χ0v) is 13.6. The first-order chi connectivity index (χ1) is 11.6. The molecule has 1 atom stereocenters. The van der Waals surface area contributed by atoms with E-state index < -0.39 is 0 Å². The summed E-state index contributed by atoms with van der Waals surface area (Å²) in [4.78, 5) is 27.7. The van der Waals surface area contributed by atoms with Gasteiger partial charge < -0.3 is 24.8 Å². The van der Waals surface area contributed by atoms with Crippen molar-refractivity contribution >= 4 is 12.0 Å². The van der Waals surface area contributed by atoms with Crippen LogP contribution in [0.1, 0.15) is 10.4 Å². The predicted molar refractivity (Wildman–Crippen MR) is 85.3 cm³/mol. The Labute approximate surface area is 140 Å². The lowest BCUT2D eigenvalue weighted by molar-refractivity contribution is 0.0616. The number of hydrogen-bond acceptors (Lipinski definition) is 6. The molecule has 0 aromatic heterocycles. The van der Waals surface area contributed by atoms with Gasteiger partial charge in [0.1, 0.15) is 13.2 Å². The van der Waals surface area contributed by atoms with Crippen molar-refractivity contribution in [3.8, 4) is 11.5 Å². The summed E-state index contributed by atoms with van der Waals surface area (Å²) in [5, 5.41) is 0. The highest BCUT2D eigenvalue weighted by Gasteiger charge is 2.38. The highest BCUT2D eigenvalue weighted by Crippen LogP contribution is 2.29. The number of ether oxygens (including phenoxy) is 3. The van der Waals surface area contributed by atoms with Crippen LogP contribution in [-0.2, 0) is 4.74 Å². The Morgan fingerprint density at radius 1 is 1.38 bits per heavy atom. The Balaban J connectivity index is 1.72. The zero-order chi connectivity index (χ0) is 17.1. The van der Waals surface area contributed by atoms with Crippen LogP contribution in [-0.4, -0.2) is 74.3 Å². The van der Waals surface area contributed by atoms with Crippen molar-refractivity contribution in [2.24, 2.45) is 5.73 Å². The molecule has 0 aliphatic carbocycles. The summed E-state index contributed by atoms with van der Waals surface area (Å²) in [7, 11) is 1.53. The van der Waals surface area contributed by atoms with Crippen molar-refractivity contribution in [2.45, 2.75) is 6.04 Å². The second-order valence-corrected chi connectivity index (χ2v) is 5.68. The summed E-state index contributed by atoms with van der Waals surface area (Å²) in [6.45, 7) is 2.55. The molecule has 0 spiro atoms. The van der Waals surface area contributed by atoms with Crippen LogP contribution in [0.2, 0.25) is 0 Å². The fourth-order valence-electron chi connectivity index (χ4n) is 2.94. The van der Waals surface area contributed by atoms with Crippen molar-refractivity contribution < 1.29 is 23.8 Å². The average Bonchev–Trinajstić information content (AvgIpc) is 2.99. The van der Waals surface area contributed by atoms with Gasteiger partial charge in [-0.1, -0.05) is 0 Å². The van der Waals surface area contributed by atoms with Crippen molar-refractivity contribution in [2.75, 3.05) is 46.5 Å². The van der Waals surface area contributed by atoms with E-state index in [-0.39, 0.29) is 18.0 Å². The maximum atomic E-state index is 12.7. The highest BCUT2D eigenvalue weighted by molar-refractivity contribution is 5.95. The minimum Gasteiger partial charge on any atom is -0.493 e. The van der Waals surface area contributed by atoms with E-state index in [1.165, 1.54) is 7.11 Å². The minimum absolute atomic E-state index is 0.0655. The van der Waals surface area contributed by atoms with Crippen LogP contribution in [0.25, 0.3) is 0 Å². The molecule has 1 unspecified atom stereocenters. The topological polar surface area (TPSA) is 94.3 Å². The van der Waals surface area contributed by atoms with Crippen LogP contribution in [0.3, 0.4) is 0 Å². The maximum absolute atomic E-state index is 12.7. The summed E-state index contributed by atoms with van der Waals surface area (Å²) in [5.74, 6) is 0.948. The van der Waals surface area contributed by atoms with Gasteiger partial charge in [-0.25, -0.2) is 4.79 Å². The van der Waals surface area contributed by atoms with Gasteiger partial charge in [0.25, 0.3) is 5.91 Å². The Bertz CT molecular complexity index is 636. The molecule has 1 aromatic rings. The number of amides is 2. The van der Waals surface area contributed by atoms with Crippen molar-refractivity contribution in [3.63, 3.8) is 0 Å². The average molecular weight is 335 g/mol. The Hall–Kier alpha value is -2.48. The molecule has 2 aliphatic rings. The van der Waals surface area contributed by atoms with Gasteiger partial charge in [-0.05, 0) is 18.2 Å². The fourth-order valence-corrected chi connectivity index (χ4v) is 2.94. The molecule has 2 aliphatic heterocycles. The van der Waals surface area contributed by atoms with Crippen LogP contribution in [0.4, 0.5) is 4.79 Å². The molecule has 8 heteroatoms. The summed E-state index contributed by atoms with van der Waals surface area (Å²) in [5.41, 5.74) is 5.95. The molecular weight excluding hydrogens is 314 g/mol. The monoisotopic (exact) mass is 335 g/mol. The Morgan fingerprint density at radius 2 is 2.21 bits per heavy atom. The summed E-state index contributed by atoms with van der Waals surface area (Å²) >= 11 is 0. The van der Waals surface area contributed by atoms with Gasteiger partial charge in [0.05, 0.1) is 13.2 Å². The molecule has 24 heavy (non-hydrogen) atoms. The largest absolute Gasteiger partial charge is 0.493 e. The molecule has 0 saturated carbocycles. The number of rotatable bonds is 5. The number of methoxy groups -OCH3 is 1. The molecule has 2 heterocycles. The molecule has 8 nitrogen and oxygen atoms in total. The van der Waals surface area contributed by atoms with Gasteiger partial charge in [-0.15, -0.1) is 0 Å². The third-order valence-corrected chi connectivity index (χ3v) is 4.19. The van der Waals surface area contributed by atoms with Gasteiger partial charge >= 0.3 is 6.09 Å². The lowest BCUT2D eigenvalue weighted by Crippen LogP contribution is -2.53. The fraction of sp³-hybridized carbons (Fsp3) is 0.500. The predicted octanol–water partition coefficient (Wildman–Crippen LogP) is 0.309. The van der Waals surface area contributed by atoms with E-state index in [1.807, 2.05) is 0 Å². The van der Waals surface area contributed by atoms with Crippen molar-refractivity contribution in [3.05, 3.63) is 23.8 Å². The number of hydrogen-bond donors (Lipinski definition) is 1. The SMILES string of the molecule is COc1cc(C(=O)N2CCN3C(=O)OCC3C2)ccc1OCCN. The van der Waals surface area contributed by atoms with Crippen molar-refractivity contribution in [1.29, 1.82) is 0 Å². The Morgan fingerprint density at radius 3 is 2.96 bits per heavy atom. The standard InChI is InChI=1S/C16H21N3O5/c1-22-14-8-11(2-3-13(14)23-7-4-17)15(20)18-5-6-19-12(9-18)10-24-16(19)21/h2-3,8,12H,4-7,9-10,17H2,1H3. The zero-order valence-electron chi connectivity index (χ0n) is 13.6. The van der Waals surface area contributed by atoms with Gasteiger partial charge in [-0.2, -0.15) is 0 Å². The highest BCUT2D eigenvalue weighted by atomic mass is 16.6. The van der Waals surface area contributed by atoms with E-state index in [9.17, 15) is 9.59 Å². The van der Waals surface area contributed by atoms with E-state index in [0.29, 0.717) is 56.5 Å². The number of carbonyl (C=O) groups is 2. The molecule has 2 saturated heterocycles. The number of benzene rings is 1. The van der Waals surface area contributed by atoms with E-state index in [4.69, 9.17) is 19.9 Å². The number of nitrogens with zero attached hydrogens (tertiary/aromatic N) is 2. The van der Waals surface area contributed by atoms with Gasteiger partial charge in [0.15, 0.2) is 11.5 Å². The molecule has 0 radical (unpaired) electrons. The number of fused-ring (bicyclic) bond motifs is 1. The van der Waals surface area contributed by atoms with Crippen LogP contribution in [0.5, 0.6) is 11.5 Å². The summed E-state index contributed by atoms with van der Waals surface area (Å²) < 4.78 is 15.8. The quantitative estimate of drug-likeness (QED) is 0.832. The van der Waals surface area contributed by atoms with E-state index in [0.717, 1.165) is 0 Å². The lowest BCUT2D eigenvalue weighted by atomic mass is 10.1. The maximum Gasteiger partial charge on any atom is 0.410 e. The van der Waals surface area contributed by atoms with Gasteiger partial charge in [-0.3, -0.25) is 9.69 Å². The molecule has 1 aromatic carbocycles. The van der Waals surface area contributed by atoms with Crippen LogP contribution >= 0.6 is 0 Å². The molecular formula is C16H21N3O5. The minimum atomic E-state index is -0.296. The van der Waals surface area contributed by atoms with Crippen LogP contribution in [0.15, 0.2) is 18.2 Å². The second-order valence-electron chi connectivity index (χ2n) is 5.68. The molecule has 2 N–H and O–H groups in total. The summed E-state index contributed by atoms with van der Waals surface area (Å²) in [6, 6.07) is 5.01. The second kappa shape index (κ2) is 6.96. The lowest BCUT2D eigenvalue weighted by Gasteiger charge is -2.35. The third-order valence-electron chi connectivity index (χ3n) is 4.19. The third kappa shape index (κ3) is 3.09. The van der Waals surface area contributed by atoms with E-state index in [1.54, 1.807) is 28.0 Å².